The number of carbonyl (C=O) groups excluding carboxylic acids is 1. The van der Waals surface area contributed by atoms with Gasteiger partial charge in [0.05, 0.1) is 11.6 Å². The Morgan fingerprint density at radius 3 is 1.89 bits per heavy atom. The zero-order valence-electron chi connectivity index (χ0n) is 9.85. The van der Waals surface area contributed by atoms with E-state index < -0.39 is 6.03 Å². The van der Waals surface area contributed by atoms with E-state index in [2.05, 4.69) is 10.6 Å². The molecule has 0 atom stereocenters. The average molecular weight is 255 g/mol. The number of rotatable bonds is 2. The van der Waals surface area contributed by atoms with E-state index in [0.717, 1.165) is 0 Å². The standard InChI is InChI=1S/C14H10FN3O/c15-11-3-7-13(8-4-11)18-14(19)17-12-5-1-10(9-16)2-6-12/h1-8H,(H2,17,18,19). The molecule has 0 aromatic heterocycles. The Balaban J connectivity index is 1.97. The van der Waals surface area contributed by atoms with Gasteiger partial charge in [-0.15, -0.1) is 0 Å². The van der Waals surface area contributed by atoms with Crippen LogP contribution in [-0.2, 0) is 0 Å². The molecule has 0 radical (unpaired) electrons. The average Bonchev–Trinajstić information content (AvgIpc) is 2.42. The molecule has 0 aliphatic rings. The first-order valence-electron chi connectivity index (χ1n) is 5.51. The van der Waals surface area contributed by atoms with Crippen LogP contribution in [0.5, 0.6) is 0 Å². The number of benzene rings is 2. The van der Waals surface area contributed by atoms with E-state index >= 15 is 0 Å². The molecule has 2 aromatic carbocycles. The number of nitrogens with one attached hydrogen (secondary N) is 2. The summed E-state index contributed by atoms with van der Waals surface area (Å²) < 4.78 is 12.7. The molecule has 0 unspecified atom stereocenters. The van der Waals surface area contributed by atoms with E-state index in [1.54, 1.807) is 24.3 Å². The van der Waals surface area contributed by atoms with Gasteiger partial charge in [0.15, 0.2) is 0 Å². The summed E-state index contributed by atoms with van der Waals surface area (Å²) in [5.74, 6) is -0.363. The molecule has 4 nitrogen and oxygen atoms in total. The first kappa shape index (κ1) is 12.6. The van der Waals surface area contributed by atoms with Crippen LogP contribution in [0.4, 0.5) is 20.6 Å². The van der Waals surface area contributed by atoms with Crippen LogP contribution in [0.15, 0.2) is 48.5 Å². The van der Waals surface area contributed by atoms with Crippen molar-refractivity contribution in [1.82, 2.24) is 0 Å². The van der Waals surface area contributed by atoms with Gasteiger partial charge in [0.2, 0.25) is 0 Å². The summed E-state index contributed by atoms with van der Waals surface area (Å²) in [4.78, 5) is 11.6. The zero-order chi connectivity index (χ0) is 13.7. The highest BCUT2D eigenvalue weighted by Gasteiger charge is 2.02. The second-order valence-corrected chi connectivity index (χ2v) is 3.78. The van der Waals surface area contributed by atoms with Gasteiger partial charge in [-0.3, -0.25) is 0 Å². The molecule has 0 saturated carbocycles. The number of hydrogen-bond donors (Lipinski definition) is 2. The third-order valence-electron chi connectivity index (χ3n) is 2.37. The topological polar surface area (TPSA) is 64.9 Å². The minimum Gasteiger partial charge on any atom is -0.308 e. The predicted molar refractivity (Wildman–Crippen MR) is 70.2 cm³/mol. The van der Waals surface area contributed by atoms with Gasteiger partial charge in [-0.1, -0.05) is 0 Å². The van der Waals surface area contributed by atoms with E-state index in [4.69, 9.17) is 5.26 Å². The van der Waals surface area contributed by atoms with Crippen LogP contribution in [0.2, 0.25) is 0 Å². The van der Waals surface area contributed by atoms with Crippen LogP contribution in [0.3, 0.4) is 0 Å². The SMILES string of the molecule is N#Cc1ccc(NC(=O)Nc2ccc(F)cc2)cc1. The molecule has 5 heteroatoms. The summed E-state index contributed by atoms with van der Waals surface area (Å²) in [6.07, 6.45) is 0. The second-order valence-electron chi connectivity index (χ2n) is 3.78. The van der Waals surface area contributed by atoms with Crippen molar-refractivity contribution in [2.75, 3.05) is 10.6 Å². The molecule has 0 aliphatic carbocycles. The van der Waals surface area contributed by atoms with Gasteiger partial charge in [0, 0.05) is 11.4 Å². The largest absolute Gasteiger partial charge is 0.323 e. The Kier molecular flexibility index (Phi) is 3.74. The molecule has 0 aliphatic heterocycles. The maximum atomic E-state index is 12.7. The van der Waals surface area contributed by atoms with Crippen molar-refractivity contribution in [3.05, 3.63) is 59.9 Å². The molecule has 0 bridgehead atoms. The van der Waals surface area contributed by atoms with E-state index in [-0.39, 0.29) is 5.82 Å². The lowest BCUT2D eigenvalue weighted by atomic mass is 10.2. The summed E-state index contributed by atoms with van der Waals surface area (Å²) in [5.41, 5.74) is 1.58. The molecule has 0 spiro atoms. The summed E-state index contributed by atoms with van der Waals surface area (Å²) in [6.45, 7) is 0. The quantitative estimate of drug-likeness (QED) is 0.864. The molecule has 0 saturated heterocycles. The summed E-state index contributed by atoms with van der Waals surface area (Å²) in [5, 5.41) is 13.8. The highest BCUT2D eigenvalue weighted by molar-refractivity contribution is 5.99. The number of carbonyl (C=O) groups is 1. The van der Waals surface area contributed by atoms with E-state index in [1.807, 2.05) is 6.07 Å². The Labute approximate surface area is 109 Å². The van der Waals surface area contributed by atoms with Crippen LogP contribution >= 0.6 is 0 Å². The summed E-state index contributed by atoms with van der Waals surface area (Å²) in [6, 6.07) is 13.5. The molecular formula is C14H10FN3O. The lowest BCUT2D eigenvalue weighted by Gasteiger charge is -2.07. The first-order chi connectivity index (χ1) is 9.17. The van der Waals surface area contributed by atoms with Crippen molar-refractivity contribution in [3.63, 3.8) is 0 Å². The van der Waals surface area contributed by atoms with Gasteiger partial charge in [0.25, 0.3) is 0 Å². The van der Waals surface area contributed by atoms with Gasteiger partial charge in [-0.05, 0) is 48.5 Å². The lowest BCUT2D eigenvalue weighted by molar-refractivity contribution is 0.262. The number of amides is 2. The first-order valence-corrected chi connectivity index (χ1v) is 5.51. The third-order valence-corrected chi connectivity index (χ3v) is 2.37. The fraction of sp³-hybridized carbons (Fsp3) is 0. The molecule has 2 rings (SSSR count). The van der Waals surface area contributed by atoms with Gasteiger partial charge in [0.1, 0.15) is 5.82 Å². The monoisotopic (exact) mass is 255 g/mol. The molecule has 0 fully saturated rings. The highest BCUT2D eigenvalue weighted by Crippen LogP contribution is 2.11. The van der Waals surface area contributed by atoms with Crippen LogP contribution < -0.4 is 10.6 Å². The number of nitrogens with zero attached hydrogens (tertiary/aromatic N) is 1. The molecule has 19 heavy (non-hydrogen) atoms. The van der Waals surface area contributed by atoms with E-state index in [9.17, 15) is 9.18 Å². The normalized spacial score (nSPS) is 9.47. The Morgan fingerprint density at radius 2 is 1.42 bits per heavy atom. The Morgan fingerprint density at radius 1 is 0.947 bits per heavy atom. The molecular weight excluding hydrogens is 245 g/mol. The Hall–Kier alpha value is -2.87. The molecule has 2 N–H and O–H groups in total. The minimum atomic E-state index is -0.434. The van der Waals surface area contributed by atoms with Crippen molar-refractivity contribution in [2.24, 2.45) is 0 Å². The molecule has 2 amide bonds. The lowest BCUT2D eigenvalue weighted by Crippen LogP contribution is -2.19. The highest BCUT2D eigenvalue weighted by atomic mass is 19.1. The van der Waals surface area contributed by atoms with Crippen molar-refractivity contribution in [1.29, 1.82) is 5.26 Å². The molecule has 0 heterocycles. The smallest absolute Gasteiger partial charge is 0.308 e. The number of anilines is 2. The van der Waals surface area contributed by atoms with Crippen molar-refractivity contribution >= 4 is 17.4 Å². The van der Waals surface area contributed by atoms with Gasteiger partial charge in [-0.25, -0.2) is 9.18 Å². The van der Waals surface area contributed by atoms with E-state index in [0.29, 0.717) is 16.9 Å². The zero-order valence-corrected chi connectivity index (χ0v) is 9.85. The van der Waals surface area contributed by atoms with Gasteiger partial charge in [-0.2, -0.15) is 5.26 Å². The fourth-order valence-electron chi connectivity index (χ4n) is 1.45. The van der Waals surface area contributed by atoms with Crippen LogP contribution in [-0.4, -0.2) is 6.03 Å². The summed E-state index contributed by atoms with van der Waals surface area (Å²) in [7, 11) is 0. The van der Waals surface area contributed by atoms with Crippen molar-refractivity contribution in [3.8, 4) is 6.07 Å². The number of urea groups is 1. The van der Waals surface area contributed by atoms with Gasteiger partial charge >= 0.3 is 6.03 Å². The van der Waals surface area contributed by atoms with Crippen molar-refractivity contribution < 1.29 is 9.18 Å². The number of hydrogen-bond acceptors (Lipinski definition) is 2. The fourth-order valence-corrected chi connectivity index (χ4v) is 1.45. The third kappa shape index (κ3) is 3.54. The minimum absolute atomic E-state index is 0.363. The number of halogens is 1. The van der Waals surface area contributed by atoms with Crippen LogP contribution in [0.25, 0.3) is 0 Å². The summed E-state index contributed by atoms with van der Waals surface area (Å²) >= 11 is 0. The molecule has 94 valence electrons. The van der Waals surface area contributed by atoms with Gasteiger partial charge < -0.3 is 10.6 Å². The second kappa shape index (κ2) is 5.65. The van der Waals surface area contributed by atoms with E-state index in [1.165, 1.54) is 24.3 Å². The molecule has 2 aromatic rings. The maximum absolute atomic E-state index is 12.7. The predicted octanol–water partition coefficient (Wildman–Crippen LogP) is 3.34. The number of nitriles is 1. The van der Waals surface area contributed by atoms with Crippen LogP contribution in [0, 0.1) is 17.1 Å². The Bertz CT molecular complexity index is 615. The van der Waals surface area contributed by atoms with Crippen LogP contribution in [0.1, 0.15) is 5.56 Å². The van der Waals surface area contributed by atoms with Crippen molar-refractivity contribution in [2.45, 2.75) is 0 Å². The maximum Gasteiger partial charge on any atom is 0.323 e.